The van der Waals surface area contributed by atoms with Gasteiger partial charge in [-0.2, -0.15) is 11.8 Å². The molecule has 1 amide bonds. The van der Waals surface area contributed by atoms with Crippen molar-refractivity contribution in [1.29, 1.82) is 0 Å². The molecule has 0 radical (unpaired) electrons. The third-order valence-electron chi connectivity index (χ3n) is 3.98. The monoisotopic (exact) mass is 390 g/mol. The molecular weight excluding hydrogens is 372 g/mol. The third-order valence-corrected chi connectivity index (χ3v) is 5.85. The highest BCUT2D eigenvalue weighted by molar-refractivity contribution is 9.10. The van der Waals surface area contributed by atoms with Crippen LogP contribution in [0.4, 0.5) is 0 Å². The van der Waals surface area contributed by atoms with Crippen LogP contribution in [0.1, 0.15) is 17.5 Å². The SMILES string of the molecule is Cl.O=C(CC1CSCCN1)N1CCc2c(Br)cccc2C1. The normalized spacial score (nSPS) is 21.4. The first-order valence-electron chi connectivity index (χ1n) is 7.09. The van der Waals surface area contributed by atoms with Gasteiger partial charge in [-0.3, -0.25) is 4.79 Å². The molecule has 0 bridgehead atoms. The predicted octanol–water partition coefficient (Wildman–Crippen LogP) is 2.85. The van der Waals surface area contributed by atoms with Crippen LogP contribution in [0.2, 0.25) is 0 Å². The largest absolute Gasteiger partial charge is 0.338 e. The number of halogens is 2. The number of rotatable bonds is 2. The molecule has 1 aromatic rings. The number of amides is 1. The first-order valence-corrected chi connectivity index (χ1v) is 9.04. The minimum absolute atomic E-state index is 0. The Morgan fingerprint density at radius 3 is 3.10 bits per heavy atom. The van der Waals surface area contributed by atoms with Gasteiger partial charge in [-0.1, -0.05) is 28.1 Å². The van der Waals surface area contributed by atoms with Crippen molar-refractivity contribution in [3.8, 4) is 0 Å². The van der Waals surface area contributed by atoms with E-state index >= 15 is 0 Å². The van der Waals surface area contributed by atoms with Gasteiger partial charge in [-0.25, -0.2) is 0 Å². The van der Waals surface area contributed by atoms with Crippen LogP contribution < -0.4 is 5.32 Å². The first-order chi connectivity index (χ1) is 9.74. The average molecular weight is 392 g/mol. The highest BCUT2D eigenvalue weighted by atomic mass is 79.9. The van der Waals surface area contributed by atoms with Gasteiger partial charge in [0.1, 0.15) is 0 Å². The molecule has 2 aliphatic heterocycles. The molecule has 3 nitrogen and oxygen atoms in total. The maximum Gasteiger partial charge on any atom is 0.224 e. The molecule has 6 heteroatoms. The number of thioether (sulfide) groups is 1. The van der Waals surface area contributed by atoms with Crippen LogP contribution in [-0.4, -0.2) is 41.4 Å². The van der Waals surface area contributed by atoms with E-state index in [0.717, 1.165) is 37.6 Å². The van der Waals surface area contributed by atoms with E-state index in [1.54, 1.807) is 0 Å². The second kappa shape index (κ2) is 7.86. The molecule has 0 spiro atoms. The molecule has 1 saturated heterocycles. The lowest BCUT2D eigenvalue weighted by atomic mass is 9.99. The Morgan fingerprint density at radius 1 is 1.48 bits per heavy atom. The zero-order chi connectivity index (χ0) is 13.9. The predicted molar refractivity (Wildman–Crippen MR) is 94.2 cm³/mol. The lowest BCUT2D eigenvalue weighted by Gasteiger charge is -2.31. The van der Waals surface area contributed by atoms with E-state index in [4.69, 9.17) is 0 Å². The van der Waals surface area contributed by atoms with Crippen molar-refractivity contribution >= 4 is 46.0 Å². The quantitative estimate of drug-likeness (QED) is 0.841. The fourth-order valence-corrected chi connectivity index (χ4v) is 4.42. The van der Waals surface area contributed by atoms with E-state index in [1.807, 2.05) is 16.7 Å². The van der Waals surface area contributed by atoms with E-state index in [1.165, 1.54) is 15.6 Å². The Hall–Kier alpha value is -0.230. The van der Waals surface area contributed by atoms with Crippen molar-refractivity contribution in [2.75, 3.05) is 24.6 Å². The standard InChI is InChI=1S/C15H19BrN2OS.ClH/c16-14-3-1-2-11-9-18(6-4-13(11)14)15(19)8-12-10-20-7-5-17-12;/h1-3,12,17H,4-10H2;1H. The van der Waals surface area contributed by atoms with Gasteiger partial charge in [0.05, 0.1) is 0 Å². The molecule has 1 atom stereocenters. The number of nitrogens with zero attached hydrogens (tertiary/aromatic N) is 1. The smallest absolute Gasteiger partial charge is 0.224 e. The second-order valence-corrected chi connectivity index (χ2v) is 7.38. The number of benzene rings is 1. The molecule has 1 unspecified atom stereocenters. The van der Waals surface area contributed by atoms with Crippen LogP contribution in [0.5, 0.6) is 0 Å². The molecule has 0 aliphatic carbocycles. The Balaban J connectivity index is 0.00000161. The third kappa shape index (κ3) is 4.15. The maximum atomic E-state index is 12.4. The highest BCUT2D eigenvalue weighted by Crippen LogP contribution is 2.26. The van der Waals surface area contributed by atoms with Crippen molar-refractivity contribution in [3.05, 3.63) is 33.8 Å². The van der Waals surface area contributed by atoms with Gasteiger partial charge in [0.25, 0.3) is 0 Å². The zero-order valence-electron chi connectivity index (χ0n) is 11.8. The summed E-state index contributed by atoms with van der Waals surface area (Å²) in [6.07, 6.45) is 1.59. The zero-order valence-corrected chi connectivity index (χ0v) is 15.0. The summed E-state index contributed by atoms with van der Waals surface area (Å²) >= 11 is 5.55. The van der Waals surface area contributed by atoms with Gasteiger partial charge in [-0.05, 0) is 23.6 Å². The molecule has 1 N–H and O–H groups in total. The molecule has 21 heavy (non-hydrogen) atoms. The lowest BCUT2D eigenvalue weighted by molar-refractivity contribution is -0.132. The maximum absolute atomic E-state index is 12.4. The summed E-state index contributed by atoms with van der Waals surface area (Å²) in [6, 6.07) is 6.62. The van der Waals surface area contributed by atoms with Crippen LogP contribution in [0, 0.1) is 0 Å². The molecular formula is C15H20BrClN2OS. The summed E-state index contributed by atoms with van der Waals surface area (Å²) in [5.74, 6) is 2.51. The number of hydrogen-bond donors (Lipinski definition) is 1. The Morgan fingerprint density at radius 2 is 2.33 bits per heavy atom. The summed E-state index contributed by atoms with van der Waals surface area (Å²) in [6.45, 7) is 2.63. The van der Waals surface area contributed by atoms with Gasteiger partial charge in [0, 0.05) is 48.1 Å². The molecule has 0 saturated carbocycles. The van der Waals surface area contributed by atoms with E-state index in [-0.39, 0.29) is 18.3 Å². The van der Waals surface area contributed by atoms with Gasteiger partial charge in [0.15, 0.2) is 0 Å². The molecule has 0 aromatic heterocycles. The van der Waals surface area contributed by atoms with E-state index < -0.39 is 0 Å². The van der Waals surface area contributed by atoms with Crippen molar-refractivity contribution in [1.82, 2.24) is 10.2 Å². The second-order valence-electron chi connectivity index (χ2n) is 5.37. The molecule has 116 valence electrons. The molecule has 1 fully saturated rings. The van der Waals surface area contributed by atoms with Crippen LogP contribution in [0.15, 0.2) is 22.7 Å². The Labute approximate surface area is 144 Å². The topological polar surface area (TPSA) is 32.3 Å². The Kier molecular flexibility index (Phi) is 6.41. The summed E-state index contributed by atoms with van der Waals surface area (Å²) in [5.41, 5.74) is 2.65. The minimum Gasteiger partial charge on any atom is -0.338 e. The molecule has 2 aliphatic rings. The van der Waals surface area contributed by atoms with Gasteiger partial charge in [0.2, 0.25) is 5.91 Å². The first kappa shape index (κ1) is 17.1. The Bertz CT molecular complexity index is 508. The summed E-state index contributed by atoms with van der Waals surface area (Å²) in [4.78, 5) is 14.4. The van der Waals surface area contributed by atoms with Crippen LogP contribution in [0.25, 0.3) is 0 Å². The number of carbonyl (C=O) groups excluding carboxylic acids is 1. The van der Waals surface area contributed by atoms with Crippen molar-refractivity contribution in [2.45, 2.75) is 25.4 Å². The number of fused-ring (bicyclic) bond motifs is 1. The fraction of sp³-hybridized carbons (Fsp3) is 0.533. The molecule has 3 rings (SSSR count). The lowest BCUT2D eigenvalue weighted by Crippen LogP contribution is -2.43. The van der Waals surface area contributed by atoms with E-state index in [0.29, 0.717) is 12.5 Å². The highest BCUT2D eigenvalue weighted by Gasteiger charge is 2.24. The van der Waals surface area contributed by atoms with Crippen LogP contribution in [-0.2, 0) is 17.8 Å². The number of nitrogens with one attached hydrogen (secondary N) is 1. The van der Waals surface area contributed by atoms with Gasteiger partial charge in [-0.15, -0.1) is 12.4 Å². The minimum atomic E-state index is 0. The molecule has 2 heterocycles. The van der Waals surface area contributed by atoms with E-state index in [9.17, 15) is 4.79 Å². The summed E-state index contributed by atoms with van der Waals surface area (Å²) < 4.78 is 1.17. The van der Waals surface area contributed by atoms with Gasteiger partial charge >= 0.3 is 0 Å². The number of hydrogen-bond acceptors (Lipinski definition) is 3. The average Bonchev–Trinajstić information content (AvgIpc) is 2.48. The fourth-order valence-electron chi connectivity index (χ4n) is 2.87. The van der Waals surface area contributed by atoms with Gasteiger partial charge < -0.3 is 10.2 Å². The summed E-state index contributed by atoms with van der Waals surface area (Å²) in [7, 11) is 0. The number of carbonyl (C=O) groups is 1. The summed E-state index contributed by atoms with van der Waals surface area (Å²) in [5, 5.41) is 3.44. The van der Waals surface area contributed by atoms with Crippen molar-refractivity contribution < 1.29 is 4.79 Å². The van der Waals surface area contributed by atoms with Crippen LogP contribution >= 0.6 is 40.1 Å². The van der Waals surface area contributed by atoms with Crippen LogP contribution in [0.3, 0.4) is 0 Å². The molecule has 1 aromatic carbocycles. The van der Waals surface area contributed by atoms with E-state index in [2.05, 4.69) is 39.4 Å². The van der Waals surface area contributed by atoms with Crippen molar-refractivity contribution in [3.63, 3.8) is 0 Å². The van der Waals surface area contributed by atoms with Crippen molar-refractivity contribution in [2.24, 2.45) is 0 Å².